The lowest BCUT2D eigenvalue weighted by Gasteiger charge is -2.23. The van der Waals surface area contributed by atoms with E-state index in [-0.39, 0.29) is 23.5 Å². The number of carbonyl (C=O) groups excluding carboxylic acids is 2. The molecule has 2 aliphatic rings. The molecule has 2 amide bonds. The third-order valence-corrected chi connectivity index (χ3v) is 5.02. The van der Waals surface area contributed by atoms with Gasteiger partial charge in [-0.15, -0.1) is 0 Å². The summed E-state index contributed by atoms with van der Waals surface area (Å²) in [6.45, 7) is 1.75. The molecule has 0 saturated carbocycles. The third kappa shape index (κ3) is 2.74. The van der Waals surface area contributed by atoms with E-state index in [0.717, 1.165) is 36.5 Å². The fraction of sp³-hybridized carbons (Fsp3) is 0.316. The van der Waals surface area contributed by atoms with Gasteiger partial charge in [0.25, 0.3) is 11.8 Å². The molecular formula is C19H19FN4O2. The number of halogens is 1. The molecule has 26 heavy (non-hydrogen) atoms. The quantitative estimate of drug-likeness (QED) is 0.827. The molecule has 0 radical (unpaired) electrons. The van der Waals surface area contributed by atoms with Crippen LogP contribution in [0.25, 0.3) is 16.8 Å². The van der Waals surface area contributed by atoms with Crippen LogP contribution in [0.4, 0.5) is 4.39 Å². The summed E-state index contributed by atoms with van der Waals surface area (Å²) >= 11 is 0. The SMILES string of the molecule is CN1C(=O)C=C(c2c(-c3ccc(F)cc3)n[nH]c2C2CCCNC2)C1=O. The minimum atomic E-state index is -0.344. The topological polar surface area (TPSA) is 78.1 Å². The van der Waals surface area contributed by atoms with E-state index in [1.165, 1.54) is 25.3 Å². The number of imide groups is 1. The van der Waals surface area contributed by atoms with Gasteiger partial charge in [-0.3, -0.25) is 19.6 Å². The van der Waals surface area contributed by atoms with Crippen molar-refractivity contribution in [3.05, 3.63) is 47.4 Å². The molecule has 0 spiro atoms. The lowest BCUT2D eigenvalue weighted by molar-refractivity contribution is -0.134. The molecule has 6 nitrogen and oxygen atoms in total. The van der Waals surface area contributed by atoms with Crippen molar-refractivity contribution < 1.29 is 14.0 Å². The summed E-state index contributed by atoms with van der Waals surface area (Å²) in [5.41, 5.74) is 3.09. The van der Waals surface area contributed by atoms with Crippen LogP contribution >= 0.6 is 0 Å². The van der Waals surface area contributed by atoms with Crippen molar-refractivity contribution in [1.29, 1.82) is 0 Å². The highest BCUT2D eigenvalue weighted by Crippen LogP contribution is 2.37. The van der Waals surface area contributed by atoms with E-state index in [2.05, 4.69) is 15.5 Å². The number of benzene rings is 1. The van der Waals surface area contributed by atoms with Crippen molar-refractivity contribution in [3.63, 3.8) is 0 Å². The molecule has 1 atom stereocenters. The maximum atomic E-state index is 13.3. The molecule has 1 saturated heterocycles. The average molecular weight is 354 g/mol. The number of nitrogens with zero attached hydrogens (tertiary/aromatic N) is 2. The molecule has 0 aliphatic carbocycles. The minimum Gasteiger partial charge on any atom is -0.316 e. The zero-order valence-electron chi connectivity index (χ0n) is 14.4. The Bertz CT molecular complexity index is 895. The molecule has 0 bridgehead atoms. The number of likely N-dealkylation sites (N-methyl/N-ethyl adjacent to an activating group) is 1. The number of H-pyrrole nitrogens is 1. The molecule has 2 aliphatic heterocycles. The van der Waals surface area contributed by atoms with Crippen LogP contribution < -0.4 is 5.32 Å². The highest BCUT2D eigenvalue weighted by Gasteiger charge is 2.35. The summed E-state index contributed by atoms with van der Waals surface area (Å²) in [5.74, 6) is -0.850. The molecule has 4 rings (SSSR count). The number of hydrogen-bond donors (Lipinski definition) is 2. The Morgan fingerprint density at radius 2 is 2.00 bits per heavy atom. The maximum absolute atomic E-state index is 13.3. The lowest BCUT2D eigenvalue weighted by Crippen LogP contribution is -2.29. The summed E-state index contributed by atoms with van der Waals surface area (Å²) in [4.78, 5) is 25.7. The molecule has 3 heterocycles. The van der Waals surface area contributed by atoms with Crippen molar-refractivity contribution in [2.24, 2.45) is 0 Å². The van der Waals surface area contributed by atoms with E-state index in [0.29, 0.717) is 22.4 Å². The van der Waals surface area contributed by atoms with Gasteiger partial charge in [0.05, 0.1) is 5.57 Å². The van der Waals surface area contributed by atoms with Crippen molar-refractivity contribution in [1.82, 2.24) is 20.4 Å². The Labute approximate surface area is 150 Å². The Balaban J connectivity index is 1.86. The minimum absolute atomic E-state index is 0.176. The van der Waals surface area contributed by atoms with E-state index in [9.17, 15) is 14.0 Å². The zero-order chi connectivity index (χ0) is 18.3. The number of nitrogens with one attached hydrogen (secondary N) is 2. The number of aromatic nitrogens is 2. The van der Waals surface area contributed by atoms with Crippen molar-refractivity contribution in [2.75, 3.05) is 20.1 Å². The van der Waals surface area contributed by atoms with Crippen LogP contribution in [0.2, 0.25) is 0 Å². The Kier molecular flexibility index (Phi) is 4.16. The second-order valence-corrected chi connectivity index (χ2v) is 6.67. The first-order valence-corrected chi connectivity index (χ1v) is 8.65. The molecule has 1 aromatic heterocycles. The van der Waals surface area contributed by atoms with Gasteiger partial charge in [-0.25, -0.2) is 4.39 Å². The van der Waals surface area contributed by atoms with Gasteiger partial charge in [0.15, 0.2) is 0 Å². The maximum Gasteiger partial charge on any atom is 0.261 e. The first-order valence-electron chi connectivity index (χ1n) is 8.65. The molecule has 2 N–H and O–H groups in total. The average Bonchev–Trinajstić information content (AvgIpc) is 3.20. The van der Waals surface area contributed by atoms with Crippen molar-refractivity contribution in [3.8, 4) is 11.3 Å². The predicted molar refractivity (Wildman–Crippen MR) is 94.6 cm³/mol. The van der Waals surface area contributed by atoms with E-state index < -0.39 is 0 Å². The molecule has 1 fully saturated rings. The summed E-state index contributed by atoms with van der Waals surface area (Å²) in [6.07, 6.45) is 3.36. The molecular weight excluding hydrogens is 335 g/mol. The van der Waals surface area contributed by atoms with E-state index in [1.54, 1.807) is 12.1 Å². The Morgan fingerprint density at radius 3 is 2.62 bits per heavy atom. The number of amides is 2. The standard InChI is InChI=1S/C19H19FN4O2/c1-24-15(25)9-14(19(24)26)16-17(11-4-6-13(20)7-5-11)22-23-18(16)12-3-2-8-21-10-12/h4-7,9,12,21H,2-3,8,10H2,1H3,(H,22,23). The number of piperidine rings is 1. The fourth-order valence-corrected chi connectivity index (χ4v) is 3.58. The van der Waals surface area contributed by atoms with Gasteiger partial charge in [0, 0.05) is 42.4 Å². The second kappa shape index (κ2) is 6.49. The predicted octanol–water partition coefficient (Wildman–Crippen LogP) is 2.06. The van der Waals surface area contributed by atoms with E-state index >= 15 is 0 Å². The smallest absolute Gasteiger partial charge is 0.261 e. The highest BCUT2D eigenvalue weighted by molar-refractivity contribution is 6.34. The zero-order valence-corrected chi connectivity index (χ0v) is 14.4. The summed E-state index contributed by atoms with van der Waals surface area (Å²) in [6, 6.07) is 5.97. The van der Waals surface area contributed by atoms with Crippen molar-refractivity contribution >= 4 is 17.4 Å². The van der Waals surface area contributed by atoms with Crippen LogP contribution in [0.5, 0.6) is 0 Å². The summed E-state index contributed by atoms with van der Waals surface area (Å²) in [5, 5.41) is 10.9. The molecule has 2 aromatic rings. The molecule has 7 heteroatoms. The fourth-order valence-electron chi connectivity index (χ4n) is 3.58. The van der Waals surface area contributed by atoms with Crippen LogP contribution in [-0.4, -0.2) is 47.0 Å². The molecule has 1 unspecified atom stereocenters. The van der Waals surface area contributed by atoms with Crippen LogP contribution in [0.3, 0.4) is 0 Å². The van der Waals surface area contributed by atoms with Crippen LogP contribution in [-0.2, 0) is 9.59 Å². The highest BCUT2D eigenvalue weighted by atomic mass is 19.1. The monoisotopic (exact) mass is 354 g/mol. The first-order chi connectivity index (χ1) is 12.6. The largest absolute Gasteiger partial charge is 0.316 e. The lowest BCUT2D eigenvalue weighted by atomic mass is 9.89. The van der Waals surface area contributed by atoms with Gasteiger partial charge in [-0.1, -0.05) is 0 Å². The van der Waals surface area contributed by atoms with E-state index in [4.69, 9.17) is 0 Å². The van der Waals surface area contributed by atoms with Gasteiger partial charge >= 0.3 is 0 Å². The number of hydrogen-bond acceptors (Lipinski definition) is 4. The van der Waals surface area contributed by atoms with E-state index in [1.807, 2.05) is 0 Å². The Hall–Kier alpha value is -2.80. The second-order valence-electron chi connectivity index (χ2n) is 6.67. The summed E-state index contributed by atoms with van der Waals surface area (Å²) in [7, 11) is 1.47. The van der Waals surface area contributed by atoms with Gasteiger partial charge in [0.2, 0.25) is 0 Å². The molecule has 134 valence electrons. The van der Waals surface area contributed by atoms with Crippen molar-refractivity contribution in [2.45, 2.75) is 18.8 Å². The van der Waals surface area contributed by atoms with Crippen LogP contribution in [0, 0.1) is 5.82 Å². The van der Waals surface area contributed by atoms with Gasteiger partial charge in [-0.05, 0) is 43.7 Å². The number of aromatic amines is 1. The van der Waals surface area contributed by atoms with Crippen LogP contribution in [0.15, 0.2) is 30.3 Å². The van der Waals surface area contributed by atoms with Gasteiger partial charge in [-0.2, -0.15) is 5.10 Å². The normalized spacial score (nSPS) is 20.6. The summed E-state index contributed by atoms with van der Waals surface area (Å²) < 4.78 is 13.3. The first kappa shape index (κ1) is 16.7. The van der Waals surface area contributed by atoms with Gasteiger partial charge in [0.1, 0.15) is 11.5 Å². The third-order valence-electron chi connectivity index (χ3n) is 5.02. The Morgan fingerprint density at radius 1 is 1.23 bits per heavy atom. The van der Waals surface area contributed by atoms with Gasteiger partial charge < -0.3 is 5.32 Å². The number of rotatable bonds is 3. The molecule has 1 aromatic carbocycles. The number of carbonyl (C=O) groups is 2. The van der Waals surface area contributed by atoms with Crippen LogP contribution in [0.1, 0.15) is 30.0 Å².